The SMILES string of the molecule is CCCCC/C=C\C/C=C\CCCCCCCCCCCCCCCCCC(=O)OC1C(OCC(NC(=O)C(O)CCCCCCCCCCCCCCCCCC/C=C/CCCCCCCC)C(O)/C=C/CCCCCCCCCCCCC)OC(CO)C(O)C1O. The number of carbonyl (C=O) groups is 2. The summed E-state index contributed by atoms with van der Waals surface area (Å²) in [7, 11) is 0. The van der Waals surface area contributed by atoms with E-state index in [0.717, 1.165) is 64.2 Å². The molecule has 0 aliphatic carbocycles. The van der Waals surface area contributed by atoms with Crippen LogP contribution in [0.15, 0.2) is 48.6 Å². The molecule has 0 aromatic carbocycles. The van der Waals surface area contributed by atoms with Crippen LogP contribution in [0.5, 0.6) is 0 Å². The van der Waals surface area contributed by atoms with Crippen molar-refractivity contribution in [2.45, 2.75) is 449 Å². The van der Waals surface area contributed by atoms with E-state index in [1.54, 1.807) is 6.08 Å². The van der Waals surface area contributed by atoms with E-state index in [1.807, 2.05) is 6.08 Å². The van der Waals surface area contributed by atoms with Gasteiger partial charge in [0.25, 0.3) is 0 Å². The van der Waals surface area contributed by atoms with Crippen LogP contribution in [-0.2, 0) is 23.8 Å². The standard InChI is InChI=1S/C82H153NO10/c1-4-7-10-13-16-19-22-25-27-29-31-33-35-37-39-40-42-44-46-48-51-54-57-60-63-66-69-75(86)81(90)83-73(74(85)68-65-62-59-56-53-50-24-21-18-15-12-9-6-3)72-91-82-80(79(89)78(88)76(71-84)92-82)93-77(87)70-67-64-61-58-55-52-49-47-45-43-41-38-36-34-32-30-28-26-23-20-17-14-11-8-5-2/h17,20,25-28,65,68,73-76,78-80,82,84-86,88-89H,4-16,18-19,21-24,29-64,66-67,69-72H2,1-3H3,(H,83,90)/b20-17-,27-25+,28-26-,68-65+. The van der Waals surface area contributed by atoms with E-state index in [0.29, 0.717) is 19.3 Å². The van der Waals surface area contributed by atoms with Crippen LogP contribution in [0.25, 0.3) is 0 Å². The van der Waals surface area contributed by atoms with E-state index in [4.69, 9.17) is 14.2 Å². The number of nitrogens with one attached hydrogen (secondary N) is 1. The predicted molar refractivity (Wildman–Crippen MR) is 394 cm³/mol. The summed E-state index contributed by atoms with van der Waals surface area (Å²) in [5, 5.41) is 57.5. The molecule has 1 amide bonds. The van der Waals surface area contributed by atoms with Gasteiger partial charge in [-0.1, -0.05) is 358 Å². The predicted octanol–water partition coefficient (Wildman–Crippen LogP) is 21.9. The summed E-state index contributed by atoms with van der Waals surface area (Å²) in [6, 6.07) is -1.02. The van der Waals surface area contributed by atoms with Gasteiger partial charge in [-0.2, -0.15) is 0 Å². The lowest BCUT2D eigenvalue weighted by molar-refractivity contribution is -0.305. The molecule has 1 aliphatic rings. The van der Waals surface area contributed by atoms with Crippen molar-refractivity contribution in [3.05, 3.63) is 48.6 Å². The molecule has 0 saturated carbocycles. The topological polar surface area (TPSA) is 175 Å². The minimum absolute atomic E-state index is 0.126. The first-order valence-electron chi connectivity index (χ1n) is 40.4. The molecule has 1 saturated heterocycles. The van der Waals surface area contributed by atoms with Gasteiger partial charge in [-0.3, -0.25) is 9.59 Å². The van der Waals surface area contributed by atoms with Crippen molar-refractivity contribution in [1.29, 1.82) is 0 Å². The summed E-state index contributed by atoms with van der Waals surface area (Å²) in [6.45, 7) is 5.84. The van der Waals surface area contributed by atoms with Crippen molar-refractivity contribution in [1.82, 2.24) is 5.32 Å². The Hall–Kier alpha value is -2.38. The van der Waals surface area contributed by atoms with Gasteiger partial charge >= 0.3 is 5.97 Å². The molecule has 0 aromatic rings. The monoisotopic (exact) mass is 1310 g/mol. The van der Waals surface area contributed by atoms with Crippen LogP contribution < -0.4 is 5.32 Å². The molecular weight excluding hydrogens is 1160 g/mol. The Balaban J connectivity index is 2.49. The fourth-order valence-electron chi connectivity index (χ4n) is 12.9. The highest BCUT2D eigenvalue weighted by Gasteiger charge is 2.47. The van der Waals surface area contributed by atoms with Gasteiger partial charge in [0.05, 0.1) is 25.4 Å². The molecular formula is C82H153NO10. The molecule has 1 rings (SSSR count). The van der Waals surface area contributed by atoms with Gasteiger partial charge in [0, 0.05) is 6.42 Å². The Labute approximate surface area is 574 Å². The van der Waals surface area contributed by atoms with Crippen LogP contribution >= 0.6 is 0 Å². The second kappa shape index (κ2) is 69.5. The highest BCUT2D eigenvalue weighted by molar-refractivity contribution is 5.80. The average Bonchev–Trinajstić information content (AvgIpc) is 0.843. The van der Waals surface area contributed by atoms with Crippen molar-refractivity contribution < 1.29 is 49.3 Å². The normalized spacial score (nSPS) is 18.0. The lowest BCUT2D eigenvalue weighted by atomic mass is 9.99. The number of aliphatic hydroxyl groups excluding tert-OH is 5. The zero-order valence-electron chi connectivity index (χ0n) is 61.1. The van der Waals surface area contributed by atoms with Crippen molar-refractivity contribution in [2.75, 3.05) is 13.2 Å². The third-order valence-corrected chi connectivity index (χ3v) is 19.2. The Morgan fingerprint density at radius 3 is 1.13 bits per heavy atom. The summed E-state index contributed by atoms with van der Waals surface area (Å²) < 4.78 is 17.8. The van der Waals surface area contributed by atoms with Gasteiger partial charge < -0.3 is 45.1 Å². The molecule has 6 N–H and O–H groups in total. The minimum Gasteiger partial charge on any atom is -0.454 e. The van der Waals surface area contributed by atoms with E-state index in [1.165, 1.54) is 289 Å². The molecule has 11 nitrogen and oxygen atoms in total. The molecule has 1 heterocycles. The van der Waals surface area contributed by atoms with E-state index in [9.17, 15) is 35.1 Å². The number of carbonyl (C=O) groups excluding carboxylic acids is 2. The summed E-state index contributed by atoms with van der Waals surface area (Å²) in [6.07, 6.45) is 78.8. The maximum atomic E-state index is 13.5. The number of hydrogen-bond acceptors (Lipinski definition) is 10. The summed E-state index contributed by atoms with van der Waals surface area (Å²) in [5.74, 6) is -1.17. The van der Waals surface area contributed by atoms with Crippen LogP contribution in [0.1, 0.15) is 400 Å². The number of aliphatic hydroxyl groups is 5. The second-order valence-electron chi connectivity index (χ2n) is 28.1. The Morgan fingerprint density at radius 1 is 0.419 bits per heavy atom. The number of amides is 1. The largest absolute Gasteiger partial charge is 0.454 e. The molecule has 546 valence electrons. The highest BCUT2D eigenvalue weighted by Crippen LogP contribution is 2.27. The van der Waals surface area contributed by atoms with Crippen molar-refractivity contribution in [3.63, 3.8) is 0 Å². The Morgan fingerprint density at radius 2 is 0.742 bits per heavy atom. The summed E-state index contributed by atoms with van der Waals surface area (Å²) in [4.78, 5) is 26.8. The fraction of sp³-hybridized carbons (Fsp3) is 0.878. The number of ether oxygens (including phenoxy) is 3. The number of hydrogen-bond donors (Lipinski definition) is 6. The third-order valence-electron chi connectivity index (χ3n) is 19.2. The first-order chi connectivity index (χ1) is 45.7. The maximum absolute atomic E-state index is 13.5. The van der Waals surface area contributed by atoms with Gasteiger partial charge in [0.1, 0.15) is 24.4 Å². The van der Waals surface area contributed by atoms with Crippen LogP contribution in [0.4, 0.5) is 0 Å². The summed E-state index contributed by atoms with van der Waals surface area (Å²) >= 11 is 0. The lowest BCUT2D eigenvalue weighted by Crippen LogP contribution is -2.61. The van der Waals surface area contributed by atoms with Crippen LogP contribution in [0.2, 0.25) is 0 Å². The van der Waals surface area contributed by atoms with E-state index >= 15 is 0 Å². The van der Waals surface area contributed by atoms with Crippen molar-refractivity contribution >= 4 is 11.9 Å². The van der Waals surface area contributed by atoms with Gasteiger partial charge in [-0.15, -0.1) is 0 Å². The van der Waals surface area contributed by atoms with Gasteiger partial charge in [0.2, 0.25) is 5.91 Å². The quantitative estimate of drug-likeness (QED) is 0.0195. The molecule has 1 fully saturated rings. The molecule has 0 radical (unpaired) electrons. The molecule has 8 unspecified atom stereocenters. The first-order valence-corrected chi connectivity index (χ1v) is 40.4. The van der Waals surface area contributed by atoms with Crippen molar-refractivity contribution in [3.8, 4) is 0 Å². The fourth-order valence-corrected chi connectivity index (χ4v) is 12.9. The van der Waals surface area contributed by atoms with Crippen LogP contribution in [0, 0.1) is 0 Å². The van der Waals surface area contributed by atoms with Crippen molar-refractivity contribution in [2.24, 2.45) is 0 Å². The zero-order valence-corrected chi connectivity index (χ0v) is 61.1. The maximum Gasteiger partial charge on any atom is 0.306 e. The van der Waals surface area contributed by atoms with E-state index in [2.05, 4.69) is 62.5 Å². The van der Waals surface area contributed by atoms with Gasteiger partial charge in [0.15, 0.2) is 12.4 Å². The van der Waals surface area contributed by atoms with Crippen LogP contribution in [0.3, 0.4) is 0 Å². The smallest absolute Gasteiger partial charge is 0.306 e. The highest BCUT2D eigenvalue weighted by atomic mass is 16.7. The molecule has 93 heavy (non-hydrogen) atoms. The third kappa shape index (κ3) is 56.2. The molecule has 0 spiro atoms. The molecule has 11 heteroatoms. The van der Waals surface area contributed by atoms with Crippen LogP contribution in [-0.4, -0.2) is 99.6 Å². The zero-order chi connectivity index (χ0) is 67.4. The first kappa shape index (κ1) is 88.6. The molecule has 1 aliphatic heterocycles. The van der Waals surface area contributed by atoms with Gasteiger partial charge in [-0.25, -0.2) is 0 Å². The van der Waals surface area contributed by atoms with Gasteiger partial charge in [-0.05, 0) is 83.5 Å². The number of allylic oxidation sites excluding steroid dienone is 7. The second-order valence-corrected chi connectivity index (χ2v) is 28.1. The van der Waals surface area contributed by atoms with E-state index < -0.39 is 67.4 Å². The number of rotatable bonds is 71. The Kier molecular flexibility index (Phi) is 66.3. The molecule has 0 bridgehead atoms. The lowest BCUT2D eigenvalue weighted by Gasteiger charge is -2.41. The van der Waals surface area contributed by atoms with E-state index in [-0.39, 0.29) is 13.0 Å². The molecule has 8 atom stereocenters. The minimum atomic E-state index is -1.61. The molecule has 0 aromatic heterocycles. The average molecular weight is 1310 g/mol. The summed E-state index contributed by atoms with van der Waals surface area (Å²) in [5.41, 5.74) is 0. The Bertz CT molecular complexity index is 1700. The number of unbranched alkanes of at least 4 members (excludes halogenated alkanes) is 51. The number of esters is 1.